The molecule has 2 heteroatoms. The standard InChI is InChI=1S/C15H14O2/c16-14-11-8-4-5-9-12(11)15(17)13(14)10-6-2-1-3-7-10/h4-5,8-9H,1-3,6-7H2. The molecule has 17 heavy (non-hydrogen) atoms. The molecule has 0 saturated heterocycles. The number of hydrogen-bond donors (Lipinski definition) is 0. The molecule has 2 nitrogen and oxygen atoms in total. The van der Waals surface area contributed by atoms with Gasteiger partial charge < -0.3 is 0 Å². The molecule has 0 aliphatic heterocycles. The fourth-order valence-corrected chi connectivity index (χ4v) is 2.80. The van der Waals surface area contributed by atoms with Gasteiger partial charge in [0.25, 0.3) is 0 Å². The average Bonchev–Trinajstić information content (AvgIpc) is 2.64. The minimum Gasteiger partial charge on any atom is -0.288 e. The highest BCUT2D eigenvalue weighted by Crippen LogP contribution is 2.34. The van der Waals surface area contributed by atoms with Crippen molar-refractivity contribution in [1.82, 2.24) is 0 Å². The molecule has 2 aliphatic carbocycles. The first-order chi connectivity index (χ1) is 8.29. The van der Waals surface area contributed by atoms with Gasteiger partial charge in [0, 0.05) is 11.1 Å². The van der Waals surface area contributed by atoms with E-state index < -0.39 is 0 Å². The van der Waals surface area contributed by atoms with Crippen LogP contribution in [-0.4, -0.2) is 11.6 Å². The van der Waals surface area contributed by atoms with Crippen LogP contribution >= 0.6 is 0 Å². The summed E-state index contributed by atoms with van der Waals surface area (Å²) in [4.78, 5) is 24.5. The Bertz CT molecular complexity index is 493. The van der Waals surface area contributed by atoms with E-state index in [-0.39, 0.29) is 11.6 Å². The lowest BCUT2D eigenvalue weighted by atomic mass is 9.89. The molecule has 0 atom stereocenters. The second kappa shape index (κ2) is 3.95. The predicted octanol–water partition coefficient (Wildman–Crippen LogP) is 3.33. The van der Waals surface area contributed by atoms with Gasteiger partial charge in [-0.05, 0) is 25.7 Å². The molecule has 1 saturated carbocycles. The molecule has 0 spiro atoms. The molecule has 1 aromatic rings. The van der Waals surface area contributed by atoms with Crippen molar-refractivity contribution in [3.05, 3.63) is 46.5 Å². The van der Waals surface area contributed by atoms with E-state index >= 15 is 0 Å². The summed E-state index contributed by atoms with van der Waals surface area (Å²) in [7, 11) is 0. The molecule has 1 aromatic carbocycles. The first-order valence-electron chi connectivity index (χ1n) is 6.19. The van der Waals surface area contributed by atoms with Crippen molar-refractivity contribution in [3.63, 3.8) is 0 Å². The molecule has 0 amide bonds. The summed E-state index contributed by atoms with van der Waals surface area (Å²) in [5.74, 6) is -0.106. The molecule has 3 rings (SSSR count). The molecule has 1 fully saturated rings. The Balaban J connectivity index is 2.11. The van der Waals surface area contributed by atoms with E-state index in [0.717, 1.165) is 31.3 Å². The summed E-state index contributed by atoms with van der Waals surface area (Å²) in [6.07, 6.45) is 5.26. The molecule has 0 bridgehead atoms. The number of allylic oxidation sites excluding steroid dienone is 2. The van der Waals surface area contributed by atoms with Gasteiger partial charge in [0.15, 0.2) is 11.6 Å². The highest BCUT2D eigenvalue weighted by molar-refractivity contribution is 6.39. The smallest absolute Gasteiger partial charge is 0.197 e. The summed E-state index contributed by atoms with van der Waals surface area (Å²) in [5.41, 5.74) is 2.74. The number of hydrogen-bond acceptors (Lipinski definition) is 2. The molecular formula is C15H14O2. The van der Waals surface area contributed by atoms with Gasteiger partial charge in [-0.15, -0.1) is 0 Å². The van der Waals surface area contributed by atoms with Crippen LogP contribution in [-0.2, 0) is 0 Å². The van der Waals surface area contributed by atoms with Crippen LogP contribution in [0, 0.1) is 0 Å². The Kier molecular flexibility index (Phi) is 2.43. The average molecular weight is 226 g/mol. The first-order valence-corrected chi connectivity index (χ1v) is 6.19. The van der Waals surface area contributed by atoms with Gasteiger partial charge >= 0.3 is 0 Å². The van der Waals surface area contributed by atoms with Gasteiger partial charge in [0.2, 0.25) is 0 Å². The van der Waals surface area contributed by atoms with E-state index in [1.165, 1.54) is 6.42 Å². The quantitative estimate of drug-likeness (QED) is 0.502. The van der Waals surface area contributed by atoms with Crippen molar-refractivity contribution in [2.45, 2.75) is 32.1 Å². The number of ketones is 2. The zero-order valence-electron chi connectivity index (χ0n) is 9.66. The van der Waals surface area contributed by atoms with Crippen LogP contribution in [0.2, 0.25) is 0 Å². The number of Topliss-reactive ketones (excluding diaryl/α,β-unsaturated/α-hetero) is 2. The zero-order chi connectivity index (χ0) is 11.8. The monoisotopic (exact) mass is 226 g/mol. The van der Waals surface area contributed by atoms with Crippen LogP contribution in [0.25, 0.3) is 0 Å². The maximum Gasteiger partial charge on any atom is 0.197 e. The Hall–Kier alpha value is -1.70. The van der Waals surface area contributed by atoms with E-state index in [4.69, 9.17) is 0 Å². The van der Waals surface area contributed by atoms with Crippen molar-refractivity contribution in [2.24, 2.45) is 0 Å². The van der Waals surface area contributed by atoms with E-state index in [1.54, 1.807) is 12.1 Å². The highest BCUT2D eigenvalue weighted by atomic mass is 16.2. The maximum atomic E-state index is 12.2. The Morgan fingerprint density at radius 1 is 0.765 bits per heavy atom. The summed E-state index contributed by atoms with van der Waals surface area (Å²) < 4.78 is 0. The maximum absolute atomic E-state index is 12.2. The summed E-state index contributed by atoms with van der Waals surface area (Å²) >= 11 is 0. The van der Waals surface area contributed by atoms with Gasteiger partial charge in [-0.25, -0.2) is 0 Å². The first kappa shape index (κ1) is 10.5. The molecule has 2 aliphatic rings. The molecule has 0 unspecified atom stereocenters. The van der Waals surface area contributed by atoms with Crippen LogP contribution in [0.15, 0.2) is 35.4 Å². The lowest BCUT2D eigenvalue weighted by Gasteiger charge is -2.15. The van der Waals surface area contributed by atoms with Crippen LogP contribution in [0.5, 0.6) is 0 Å². The second-order valence-electron chi connectivity index (χ2n) is 4.74. The van der Waals surface area contributed by atoms with E-state index in [1.807, 2.05) is 12.1 Å². The lowest BCUT2D eigenvalue weighted by molar-refractivity contribution is 0.0985. The minimum absolute atomic E-state index is 0.0532. The lowest BCUT2D eigenvalue weighted by Crippen LogP contribution is -2.08. The van der Waals surface area contributed by atoms with Crippen LogP contribution in [0.4, 0.5) is 0 Å². The zero-order valence-corrected chi connectivity index (χ0v) is 9.66. The van der Waals surface area contributed by atoms with Crippen molar-refractivity contribution in [2.75, 3.05) is 0 Å². The third-order valence-corrected chi connectivity index (χ3v) is 3.68. The fourth-order valence-electron chi connectivity index (χ4n) is 2.80. The number of benzene rings is 1. The molecular weight excluding hydrogens is 212 g/mol. The SMILES string of the molecule is O=C1C(=C2CCCCC2)C(=O)c2ccccc21. The molecule has 0 N–H and O–H groups in total. The molecule has 86 valence electrons. The Morgan fingerprint density at radius 2 is 1.29 bits per heavy atom. The third kappa shape index (κ3) is 1.55. The molecule has 0 radical (unpaired) electrons. The van der Waals surface area contributed by atoms with Crippen molar-refractivity contribution < 1.29 is 9.59 Å². The number of carbonyl (C=O) groups is 2. The number of fused-ring (bicyclic) bond motifs is 1. The number of rotatable bonds is 0. The summed E-state index contributed by atoms with van der Waals surface area (Å²) in [5, 5.41) is 0. The van der Waals surface area contributed by atoms with Gasteiger partial charge in [-0.1, -0.05) is 36.3 Å². The van der Waals surface area contributed by atoms with Crippen LogP contribution < -0.4 is 0 Å². The van der Waals surface area contributed by atoms with Crippen molar-refractivity contribution in [3.8, 4) is 0 Å². The number of carbonyl (C=O) groups excluding carboxylic acids is 2. The van der Waals surface area contributed by atoms with Gasteiger partial charge in [0.1, 0.15) is 0 Å². The highest BCUT2D eigenvalue weighted by Gasteiger charge is 2.34. The van der Waals surface area contributed by atoms with Crippen LogP contribution in [0.1, 0.15) is 52.8 Å². The third-order valence-electron chi connectivity index (χ3n) is 3.68. The van der Waals surface area contributed by atoms with Crippen LogP contribution in [0.3, 0.4) is 0 Å². The largest absolute Gasteiger partial charge is 0.288 e. The Morgan fingerprint density at radius 3 is 1.82 bits per heavy atom. The summed E-state index contributed by atoms with van der Waals surface area (Å²) in [6.45, 7) is 0. The van der Waals surface area contributed by atoms with Gasteiger partial charge in [-0.3, -0.25) is 9.59 Å². The normalized spacial score (nSPS) is 19.8. The second-order valence-corrected chi connectivity index (χ2v) is 4.74. The topological polar surface area (TPSA) is 34.1 Å². The van der Waals surface area contributed by atoms with E-state index in [9.17, 15) is 9.59 Å². The molecule has 0 heterocycles. The van der Waals surface area contributed by atoms with Gasteiger partial charge in [0.05, 0.1) is 5.57 Å². The van der Waals surface area contributed by atoms with Crippen molar-refractivity contribution in [1.29, 1.82) is 0 Å². The minimum atomic E-state index is -0.0532. The predicted molar refractivity (Wildman–Crippen MR) is 65.2 cm³/mol. The molecule has 0 aromatic heterocycles. The fraction of sp³-hybridized carbons (Fsp3) is 0.333. The summed E-state index contributed by atoms with van der Waals surface area (Å²) in [6, 6.07) is 7.15. The van der Waals surface area contributed by atoms with Gasteiger partial charge in [-0.2, -0.15) is 0 Å². The van der Waals surface area contributed by atoms with E-state index in [2.05, 4.69) is 0 Å². The van der Waals surface area contributed by atoms with E-state index in [0.29, 0.717) is 16.7 Å². The van der Waals surface area contributed by atoms with Crippen molar-refractivity contribution >= 4 is 11.6 Å². The Labute approximate surface area is 100 Å².